The molecule has 0 amide bonds. The lowest BCUT2D eigenvalue weighted by Crippen LogP contribution is -2.18. The van der Waals surface area contributed by atoms with Crippen molar-refractivity contribution in [3.05, 3.63) is 15.6 Å². The molecule has 1 aliphatic heterocycles. The van der Waals surface area contributed by atoms with Crippen LogP contribution < -0.4 is 10.6 Å². The van der Waals surface area contributed by atoms with Crippen LogP contribution in [0.25, 0.3) is 0 Å². The molecule has 82 valence electrons. The SMILES string of the molecule is O=C(O)c1nc2c(s1)CNCCCNC2. The van der Waals surface area contributed by atoms with E-state index in [2.05, 4.69) is 15.6 Å². The monoisotopic (exact) mass is 227 g/mol. The van der Waals surface area contributed by atoms with Crippen LogP contribution in [0, 0.1) is 0 Å². The highest BCUT2D eigenvalue weighted by Gasteiger charge is 2.15. The third-order valence-electron chi connectivity index (χ3n) is 2.25. The first kappa shape index (κ1) is 10.5. The fourth-order valence-corrected chi connectivity index (χ4v) is 2.38. The normalized spacial score (nSPS) is 17.3. The van der Waals surface area contributed by atoms with Gasteiger partial charge in [-0.1, -0.05) is 0 Å². The molecule has 0 atom stereocenters. The number of nitrogens with zero attached hydrogens (tertiary/aromatic N) is 1. The van der Waals surface area contributed by atoms with Crippen molar-refractivity contribution >= 4 is 17.3 Å². The zero-order valence-electron chi connectivity index (χ0n) is 8.25. The zero-order chi connectivity index (χ0) is 10.7. The molecule has 0 saturated carbocycles. The fourth-order valence-electron chi connectivity index (χ4n) is 1.50. The number of carbonyl (C=O) groups is 1. The summed E-state index contributed by atoms with van der Waals surface area (Å²) in [6.07, 6.45) is 1.08. The lowest BCUT2D eigenvalue weighted by atomic mass is 10.3. The Bertz CT molecular complexity index is 339. The van der Waals surface area contributed by atoms with E-state index in [9.17, 15) is 4.79 Å². The van der Waals surface area contributed by atoms with Gasteiger partial charge in [-0.3, -0.25) is 0 Å². The van der Waals surface area contributed by atoms with Gasteiger partial charge in [0.2, 0.25) is 5.01 Å². The zero-order valence-corrected chi connectivity index (χ0v) is 9.06. The first-order chi connectivity index (χ1) is 7.27. The number of hydrogen-bond acceptors (Lipinski definition) is 5. The molecule has 0 radical (unpaired) electrons. The largest absolute Gasteiger partial charge is 0.476 e. The average molecular weight is 227 g/mol. The number of rotatable bonds is 1. The minimum Gasteiger partial charge on any atom is -0.476 e. The summed E-state index contributed by atoms with van der Waals surface area (Å²) in [6, 6.07) is 0. The highest BCUT2D eigenvalue weighted by atomic mass is 32.1. The van der Waals surface area contributed by atoms with E-state index in [0.717, 1.165) is 36.6 Å². The van der Waals surface area contributed by atoms with Gasteiger partial charge < -0.3 is 15.7 Å². The van der Waals surface area contributed by atoms with Crippen LogP contribution in [0.2, 0.25) is 0 Å². The summed E-state index contributed by atoms with van der Waals surface area (Å²) >= 11 is 1.26. The van der Waals surface area contributed by atoms with Gasteiger partial charge in [-0.15, -0.1) is 11.3 Å². The van der Waals surface area contributed by atoms with E-state index in [0.29, 0.717) is 6.54 Å². The molecule has 1 aromatic heterocycles. The van der Waals surface area contributed by atoms with Crippen LogP contribution in [0.4, 0.5) is 0 Å². The van der Waals surface area contributed by atoms with Crippen LogP contribution >= 0.6 is 11.3 Å². The molecule has 6 heteroatoms. The van der Waals surface area contributed by atoms with E-state index in [1.807, 2.05) is 0 Å². The van der Waals surface area contributed by atoms with E-state index in [1.165, 1.54) is 11.3 Å². The van der Waals surface area contributed by atoms with Gasteiger partial charge in [-0.2, -0.15) is 0 Å². The minimum absolute atomic E-state index is 0.184. The second kappa shape index (κ2) is 4.69. The van der Waals surface area contributed by atoms with Gasteiger partial charge in [-0.25, -0.2) is 9.78 Å². The summed E-state index contributed by atoms with van der Waals surface area (Å²) in [6.45, 7) is 3.28. The highest BCUT2D eigenvalue weighted by molar-refractivity contribution is 7.13. The van der Waals surface area contributed by atoms with Gasteiger partial charge in [0.25, 0.3) is 0 Å². The summed E-state index contributed by atoms with van der Waals surface area (Å²) < 4.78 is 0. The van der Waals surface area contributed by atoms with Crippen molar-refractivity contribution in [1.82, 2.24) is 15.6 Å². The Labute approximate surface area is 91.5 Å². The van der Waals surface area contributed by atoms with Crippen molar-refractivity contribution < 1.29 is 9.90 Å². The quantitative estimate of drug-likeness (QED) is 0.648. The predicted molar refractivity (Wildman–Crippen MR) is 57.1 cm³/mol. The second-order valence-electron chi connectivity index (χ2n) is 3.40. The molecular formula is C9H13N3O2S. The fraction of sp³-hybridized carbons (Fsp3) is 0.556. The maximum absolute atomic E-state index is 10.8. The summed E-state index contributed by atoms with van der Waals surface area (Å²) in [5.41, 5.74) is 0.867. The molecule has 0 aromatic carbocycles. The molecule has 2 rings (SSSR count). The number of fused-ring (bicyclic) bond motifs is 1. The summed E-state index contributed by atoms with van der Waals surface area (Å²) in [5.74, 6) is -0.940. The smallest absolute Gasteiger partial charge is 0.365 e. The van der Waals surface area contributed by atoms with Crippen molar-refractivity contribution in [2.24, 2.45) is 0 Å². The van der Waals surface area contributed by atoms with Crippen LogP contribution in [0.1, 0.15) is 26.8 Å². The number of carboxylic acids is 1. The van der Waals surface area contributed by atoms with E-state index in [-0.39, 0.29) is 5.01 Å². The average Bonchev–Trinajstić information content (AvgIpc) is 2.61. The third-order valence-corrected chi connectivity index (χ3v) is 3.33. The first-order valence-corrected chi connectivity index (χ1v) is 5.72. The Balaban J connectivity index is 2.21. The van der Waals surface area contributed by atoms with Crippen molar-refractivity contribution in [2.75, 3.05) is 13.1 Å². The van der Waals surface area contributed by atoms with Crippen LogP contribution in [-0.4, -0.2) is 29.1 Å². The number of carboxylic acid groups (broad SMARTS) is 1. The Morgan fingerprint density at radius 3 is 2.80 bits per heavy atom. The Hall–Kier alpha value is -0.980. The Kier molecular flexibility index (Phi) is 3.30. The Morgan fingerprint density at radius 1 is 1.33 bits per heavy atom. The van der Waals surface area contributed by atoms with Gasteiger partial charge in [0, 0.05) is 18.0 Å². The first-order valence-electron chi connectivity index (χ1n) is 4.90. The number of aromatic nitrogens is 1. The molecule has 2 heterocycles. The summed E-state index contributed by atoms with van der Waals surface area (Å²) in [5, 5.41) is 15.5. The molecule has 0 fully saturated rings. The lowest BCUT2D eigenvalue weighted by molar-refractivity contribution is 0.0696. The van der Waals surface area contributed by atoms with E-state index < -0.39 is 5.97 Å². The van der Waals surface area contributed by atoms with Crippen LogP contribution in [0.5, 0.6) is 0 Å². The number of hydrogen-bond donors (Lipinski definition) is 3. The third kappa shape index (κ3) is 2.53. The maximum Gasteiger partial charge on any atom is 0.365 e. The highest BCUT2D eigenvalue weighted by Crippen LogP contribution is 2.19. The van der Waals surface area contributed by atoms with Gasteiger partial charge >= 0.3 is 5.97 Å². The van der Waals surface area contributed by atoms with Crippen molar-refractivity contribution in [3.8, 4) is 0 Å². The van der Waals surface area contributed by atoms with Gasteiger partial charge in [0.05, 0.1) is 5.69 Å². The topological polar surface area (TPSA) is 74.2 Å². The van der Waals surface area contributed by atoms with E-state index in [4.69, 9.17) is 5.11 Å². The molecular weight excluding hydrogens is 214 g/mol. The molecule has 0 spiro atoms. The van der Waals surface area contributed by atoms with Crippen molar-refractivity contribution in [1.29, 1.82) is 0 Å². The maximum atomic E-state index is 10.8. The van der Waals surface area contributed by atoms with Crippen LogP contribution in [0.15, 0.2) is 0 Å². The Morgan fingerprint density at radius 2 is 2.07 bits per heavy atom. The molecule has 0 aliphatic carbocycles. The molecule has 0 saturated heterocycles. The molecule has 3 N–H and O–H groups in total. The second-order valence-corrected chi connectivity index (χ2v) is 4.48. The minimum atomic E-state index is -0.940. The van der Waals surface area contributed by atoms with Gasteiger partial charge in [0.15, 0.2) is 0 Å². The van der Waals surface area contributed by atoms with Gasteiger partial charge in [-0.05, 0) is 19.5 Å². The van der Waals surface area contributed by atoms with Gasteiger partial charge in [0.1, 0.15) is 0 Å². The molecule has 15 heavy (non-hydrogen) atoms. The van der Waals surface area contributed by atoms with E-state index in [1.54, 1.807) is 0 Å². The standard InChI is InChI=1S/C9H13N3O2S/c13-9(14)8-12-6-4-10-2-1-3-11-5-7(6)15-8/h10-11H,1-5H2,(H,13,14). The molecule has 0 unspecified atom stereocenters. The predicted octanol–water partition coefficient (Wildman–Crippen LogP) is 0.424. The molecule has 0 bridgehead atoms. The number of thiazole rings is 1. The molecule has 1 aliphatic rings. The van der Waals surface area contributed by atoms with Crippen molar-refractivity contribution in [2.45, 2.75) is 19.5 Å². The number of aromatic carboxylic acids is 1. The summed E-state index contributed by atoms with van der Waals surface area (Å²) in [4.78, 5) is 15.9. The van der Waals surface area contributed by atoms with Crippen molar-refractivity contribution in [3.63, 3.8) is 0 Å². The number of nitrogens with one attached hydrogen (secondary N) is 2. The molecule has 1 aromatic rings. The summed E-state index contributed by atoms with van der Waals surface area (Å²) in [7, 11) is 0. The van der Waals surface area contributed by atoms with Crippen LogP contribution in [-0.2, 0) is 13.1 Å². The van der Waals surface area contributed by atoms with Crippen LogP contribution in [0.3, 0.4) is 0 Å². The lowest BCUT2D eigenvalue weighted by Gasteiger charge is -1.99. The molecule has 5 nitrogen and oxygen atoms in total. The van der Waals surface area contributed by atoms with E-state index >= 15 is 0 Å².